The van der Waals surface area contributed by atoms with Crippen LogP contribution in [0.15, 0.2) is 85.1 Å². The summed E-state index contributed by atoms with van der Waals surface area (Å²) in [6.07, 6.45) is 78.6. The maximum absolute atomic E-state index is 13.1. The summed E-state index contributed by atoms with van der Waals surface area (Å²) in [5, 5.41) is 10.6. The van der Waals surface area contributed by atoms with Crippen molar-refractivity contribution in [2.45, 2.75) is 380 Å². The van der Waals surface area contributed by atoms with Crippen LogP contribution >= 0.6 is 15.6 Å². The number of hydrogen-bond donors (Lipinski definition) is 3. The molecule has 0 aromatic heterocycles. The molecule has 102 heavy (non-hydrogen) atoms. The van der Waals surface area contributed by atoms with Gasteiger partial charge in [0.2, 0.25) is 0 Å². The van der Waals surface area contributed by atoms with E-state index >= 15 is 0 Å². The lowest BCUT2D eigenvalue weighted by molar-refractivity contribution is -0.161. The molecule has 0 aliphatic heterocycles. The van der Waals surface area contributed by atoms with Gasteiger partial charge in [0, 0.05) is 25.7 Å². The van der Waals surface area contributed by atoms with Crippen molar-refractivity contribution in [1.82, 2.24) is 0 Å². The van der Waals surface area contributed by atoms with Crippen molar-refractivity contribution in [1.29, 1.82) is 0 Å². The molecular formula is C83H148O17P2. The van der Waals surface area contributed by atoms with E-state index in [0.717, 1.165) is 116 Å². The molecule has 0 saturated carbocycles. The Morgan fingerprint density at radius 2 is 0.529 bits per heavy atom. The smallest absolute Gasteiger partial charge is 0.462 e. The zero-order valence-electron chi connectivity index (χ0n) is 64.8. The molecule has 592 valence electrons. The number of phosphoric acid groups is 2. The summed E-state index contributed by atoms with van der Waals surface area (Å²) in [5.41, 5.74) is 0. The number of aliphatic hydroxyl groups is 1. The summed E-state index contributed by atoms with van der Waals surface area (Å²) >= 11 is 0. The predicted octanol–water partition coefficient (Wildman–Crippen LogP) is 23.8. The van der Waals surface area contributed by atoms with E-state index < -0.39 is 97.5 Å². The molecule has 5 atom stereocenters. The van der Waals surface area contributed by atoms with Crippen LogP contribution in [-0.4, -0.2) is 96.7 Å². The first-order chi connectivity index (χ1) is 49.7. The number of hydrogen-bond acceptors (Lipinski definition) is 15. The average molecular weight is 1480 g/mol. The molecule has 0 rings (SSSR count). The quantitative estimate of drug-likeness (QED) is 0.0169. The molecule has 3 N–H and O–H groups in total. The van der Waals surface area contributed by atoms with Gasteiger partial charge in [-0.05, 0) is 89.9 Å². The molecule has 17 nitrogen and oxygen atoms in total. The van der Waals surface area contributed by atoms with E-state index in [9.17, 15) is 43.2 Å². The molecule has 0 aliphatic rings. The molecule has 0 spiro atoms. The second-order valence-electron chi connectivity index (χ2n) is 27.3. The van der Waals surface area contributed by atoms with Crippen molar-refractivity contribution >= 4 is 39.5 Å². The minimum atomic E-state index is -4.99. The van der Waals surface area contributed by atoms with Gasteiger partial charge in [0.25, 0.3) is 0 Å². The summed E-state index contributed by atoms with van der Waals surface area (Å²) in [5.74, 6) is -2.25. The SMILES string of the molecule is CC/C=C\C/C=C\C/C=C\C/C=C\C/C=C\C/C=C\CCC(=O)OC[C@H](COP(=O)(O)OC[C@@H](O)COP(=O)(O)OC[C@@H](COC(=O)CCCCCCCCCCCCCCCCC)OC(=O)CCCCCCCCCCCCCCCCC)OC(=O)CCCCCCC/C=C\CCCCCC. The van der Waals surface area contributed by atoms with Gasteiger partial charge in [-0.3, -0.25) is 37.3 Å². The highest BCUT2D eigenvalue weighted by molar-refractivity contribution is 7.47. The molecule has 0 bridgehead atoms. The van der Waals surface area contributed by atoms with Crippen LogP contribution in [0.3, 0.4) is 0 Å². The van der Waals surface area contributed by atoms with Gasteiger partial charge in [0.05, 0.1) is 26.4 Å². The van der Waals surface area contributed by atoms with E-state index in [2.05, 4.69) is 94.5 Å². The first kappa shape index (κ1) is 98.2. The van der Waals surface area contributed by atoms with E-state index in [1.807, 2.05) is 18.2 Å². The van der Waals surface area contributed by atoms with Crippen LogP contribution in [0.5, 0.6) is 0 Å². The van der Waals surface area contributed by atoms with Gasteiger partial charge in [0.15, 0.2) is 12.2 Å². The van der Waals surface area contributed by atoms with Gasteiger partial charge in [-0.2, -0.15) is 0 Å². The fraction of sp³-hybridized carbons (Fsp3) is 0.783. The number of allylic oxidation sites excluding steroid dienone is 14. The fourth-order valence-corrected chi connectivity index (χ4v) is 12.8. The maximum atomic E-state index is 13.1. The van der Waals surface area contributed by atoms with Crippen LogP contribution in [0.2, 0.25) is 0 Å². The van der Waals surface area contributed by atoms with Crippen molar-refractivity contribution in [3.05, 3.63) is 85.1 Å². The van der Waals surface area contributed by atoms with E-state index in [1.165, 1.54) is 161 Å². The number of ether oxygens (including phenoxy) is 4. The van der Waals surface area contributed by atoms with Crippen molar-refractivity contribution in [2.24, 2.45) is 0 Å². The van der Waals surface area contributed by atoms with Gasteiger partial charge >= 0.3 is 39.5 Å². The lowest BCUT2D eigenvalue weighted by atomic mass is 10.0. The topological polar surface area (TPSA) is 237 Å². The second kappa shape index (κ2) is 75.5. The van der Waals surface area contributed by atoms with E-state index in [-0.39, 0.29) is 25.7 Å². The number of phosphoric ester groups is 2. The highest BCUT2D eigenvalue weighted by Crippen LogP contribution is 2.45. The minimum Gasteiger partial charge on any atom is -0.462 e. The van der Waals surface area contributed by atoms with Crippen molar-refractivity contribution in [3.63, 3.8) is 0 Å². The normalized spacial score (nSPS) is 14.3. The summed E-state index contributed by atoms with van der Waals surface area (Å²) < 4.78 is 68.6. The van der Waals surface area contributed by atoms with Crippen molar-refractivity contribution < 1.29 is 80.2 Å². The summed E-state index contributed by atoms with van der Waals surface area (Å²) in [7, 11) is -9.96. The number of carbonyl (C=O) groups is 4. The fourth-order valence-electron chi connectivity index (χ4n) is 11.2. The van der Waals surface area contributed by atoms with Gasteiger partial charge in [-0.15, -0.1) is 0 Å². The standard InChI is InChI=1S/C83H148O17P2/c1-5-9-13-17-21-25-29-33-36-37-38-39-42-45-48-52-56-60-64-68-81(86)94-73-78(99-82(87)69-65-61-57-53-49-43-32-28-24-20-16-12-8-4)75-97-101(89,90)95-71-77(84)72-96-102(91,92)98-76-79(100-83(88)70-66-62-58-54-50-46-41-35-31-27-23-19-15-11-7-3)74-93-80(85)67-63-59-55-51-47-44-40-34-30-26-22-18-14-10-6-2/h9,13,21,25,28,32-33,36,38-39,45,48,56,60,77-79,84H,5-8,10-12,14-20,22-24,26-27,29-31,34-35,37,40-44,46-47,49-55,57-59,61-76H2,1-4H3,(H,89,90)(H,91,92)/b13-9-,25-21-,32-28-,36-33-,39-38-,48-45-,60-56-/t77-,78-,79-/m1/s1. The Labute approximate surface area is 621 Å². The molecule has 0 amide bonds. The van der Waals surface area contributed by atoms with Crippen LogP contribution in [-0.2, 0) is 65.4 Å². The molecule has 0 fully saturated rings. The van der Waals surface area contributed by atoms with E-state index in [0.29, 0.717) is 32.1 Å². The Morgan fingerprint density at radius 1 is 0.284 bits per heavy atom. The largest absolute Gasteiger partial charge is 0.472 e. The average Bonchev–Trinajstić information content (AvgIpc) is 0.908. The van der Waals surface area contributed by atoms with Gasteiger partial charge in [0.1, 0.15) is 19.3 Å². The molecule has 0 heterocycles. The van der Waals surface area contributed by atoms with Crippen LogP contribution in [0.25, 0.3) is 0 Å². The predicted molar refractivity (Wildman–Crippen MR) is 418 cm³/mol. The minimum absolute atomic E-state index is 0.0362. The summed E-state index contributed by atoms with van der Waals surface area (Å²) in [6, 6.07) is 0. The lowest BCUT2D eigenvalue weighted by Crippen LogP contribution is -2.30. The van der Waals surface area contributed by atoms with Gasteiger partial charge in [-0.1, -0.05) is 331 Å². The zero-order valence-corrected chi connectivity index (χ0v) is 66.6. The Bertz CT molecular complexity index is 2260. The third kappa shape index (κ3) is 74.5. The molecule has 0 aliphatic carbocycles. The first-order valence-corrected chi connectivity index (χ1v) is 43.8. The van der Waals surface area contributed by atoms with Crippen molar-refractivity contribution in [2.75, 3.05) is 39.6 Å². The van der Waals surface area contributed by atoms with Crippen LogP contribution in [0.4, 0.5) is 0 Å². The van der Waals surface area contributed by atoms with E-state index in [1.54, 1.807) is 0 Å². The molecule has 2 unspecified atom stereocenters. The Kier molecular flexibility index (Phi) is 72.7. The monoisotopic (exact) mass is 1480 g/mol. The van der Waals surface area contributed by atoms with Gasteiger partial charge in [-0.25, -0.2) is 9.13 Å². The number of rotatable bonds is 77. The third-order valence-electron chi connectivity index (χ3n) is 17.4. The molecule has 0 radical (unpaired) electrons. The number of aliphatic hydroxyl groups excluding tert-OH is 1. The van der Waals surface area contributed by atoms with Crippen LogP contribution in [0, 0.1) is 0 Å². The van der Waals surface area contributed by atoms with Crippen molar-refractivity contribution in [3.8, 4) is 0 Å². The van der Waals surface area contributed by atoms with Crippen LogP contribution in [0.1, 0.15) is 362 Å². The number of unbranched alkanes of at least 4 members (excludes halogenated alkanes) is 37. The highest BCUT2D eigenvalue weighted by atomic mass is 31.2. The number of carbonyl (C=O) groups excluding carboxylic acids is 4. The number of esters is 4. The summed E-state index contributed by atoms with van der Waals surface area (Å²) in [6.45, 7) is 4.72. The van der Waals surface area contributed by atoms with Gasteiger partial charge < -0.3 is 33.8 Å². The Morgan fingerprint density at radius 3 is 0.853 bits per heavy atom. The second-order valence-corrected chi connectivity index (χ2v) is 30.3. The lowest BCUT2D eigenvalue weighted by Gasteiger charge is -2.21. The first-order valence-electron chi connectivity index (χ1n) is 40.8. The maximum Gasteiger partial charge on any atom is 0.472 e. The summed E-state index contributed by atoms with van der Waals surface area (Å²) in [4.78, 5) is 73.0. The highest BCUT2D eigenvalue weighted by Gasteiger charge is 2.30. The van der Waals surface area contributed by atoms with Crippen LogP contribution < -0.4 is 0 Å². The molecule has 0 aromatic rings. The third-order valence-corrected chi connectivity index (χ3v) is 19.3. The Hall–Kier alpha value is -3.76. The molecule has 0 aromatic carbocycles. The zero-order chi connectivity index (χ0) is 74.6. The Balaban J connectivity index is 5.38. The molecule has 19 heteroatoms. The molecular weight excluding hydrogens is 1330 g/mol. The molecule has 0 saturated heterocycles. The van der Waals surface area contributed by atoms with E-state index in [4.69, 9.17) is 37.0 Å².